The predicted octanol–water partition coefficient (Wildman–Crippen LogP) is 4.25. The largest absolute Gasteiger partial charge is 0.441 e. The Morgan fingerprint density at radius 3 is 2.37 bits per heavy atom. The second-order valence-corrected chi connectivity index (χ2v) is 7.92. The van der Waals surface area contributed by atoms with Crippen molar-refractivity contribution in [1.82, 2.24) is 10.2 Å². The number of carbonyl (C=O) groups excluding carboxylic acids is 2. The number of fused-ring (bicyclic) bond motifs is 3. The first-order valence-corrected chi connectivity index (χ1v) is 10.7. The molecular formula is C24H28N2O4. The second-order valence-electron chi connectivity index (χ2n) is 7.92. The number of nitrogens with zero attached hydrogens (tertiary/aromatic N) is 1. The molecule has 1 N–H and O–H groups in total. The van der Waals surface area contributed by atoms with Crippen LogP contribution in [0.2, 0.25) is 0 Å². The van der Waals surface area contributed by atoms with E-state index in [1.54, 1.807) is 4.90 Å². The Bertz CT molecular complexity index is 868. The van der Waals surface area contributed by atoms with E-state index in [9.17, 15) is 9.59 Å². The molecule has 2 amide bonds. The van der Waals surface area contributed by atoms with Crippen LogP contribution in [-0.2, 0) is 14.6 Å². The fraction of sp³-hybridized carbons (Fsp3) is 0.417. The number of likely N-dealkylation sites (tertiary alicyclic amines) is 1. The molecule has 0 bridgehead atoms. The monoisotopic (exact) mass is 408 g/mol. The quantitative estimate of drug-likeness (QED) is 0.593. The summed E-state index contributed by atoms with van der Waals surface area (Å²) in [6, 6.07) is 16.5. The zero-order valence-corrected chi connectivity index (χ0v) is 17.3. The van der Waals surface area contributed by atoms with Gasteiger partial charge in [-0.1, -0.05) is 55.5 Å². The Kier molecular flexibility index (Phi) is 6.33. The van der Waals surface area contributed by atoms with Gasteiger partial charge in [-0.15, -0.1) is 0 Å². The fourth-order valence-electron chi connectivity index (χ4n) is 4.40. The molecule has 1 aliphatic carbocycles. The van der Waals surface area contributed by atoms with Crippen LogP contribution in [0.1, 0.15) is 49.7 Å². The van der Waals surface area contributed by atoms with E-state index in [2.05, 4.69) is 29.6 Å². The third-order valence-electron chi connectivity index (χ3n) is 5.94. The summed E-state index contributed by atoms with van der Waals surface area (Å²) in [6.45, 7) is 3.15. The van der Waals surface area contributed by atoms with E-state index in [0.29, 0.717) is 19.5 Å². The highest BCUT2D eigenvalue weighted by Gasteiger charge is 2.29. The molecule has 2 aromatic rings. The molecule has 30 heavy (non-hydrogen) atoms. The maximum atomic E-state index is 12.6. The lowest BCUT2D eigenvalue weighted by atomic mass is 9.98. The molecule has 1 aliphatic heterocycles. The van der Waals surface area contributed by atoms with Crippen molar-refractivity contribution in [3.05, 3.63) is 59.7 Å². The molecule has 4 rings (SSSR count). The Hall–Kier alpha value is -2.86. The predicted molar refractivity (Wildman–Crippen MR) is 114 cm³/mol. The van der Waals surface area contributed by atoms with Gasteiger partial charge in [-0.05, 0) is 41.5 Å². The van der Waals surface area contributed by atoms with Gasteiger partial charge in [0.05, 0.1) is 0 Å². The maximum Gasteiger partial charge on any atom is 0.441 e. The summed E-state index contributed by atoms with van der Waals surface area (Å²) in [5.41, 5.74) is 4.78. The van der Waals surface area contributed by atoms with Crippen LogP contribution in [-0.4, -0.2) is 42.6 Å². The van der Waals surface area contributed by atoms with E-state index in [4.69, 9.17) is 9.78 Å². The van der Waals surface area contributed by atoms with Crippen LogP contribution in [0.4, 0.5) is 4.79 Å². The highest BCUT2D eigenvalue weighted by atomic mass is 17.2. The van der Waals surface area contributed by atoms with Gasteiger partial charge in [0.25, 0.3) is 0 Å². The minimum Gasteiger partial charge on any atom is -0.352 e. The third kappa shape index (κ3) is 4.33. The van der Waals surface area contributed by atoms with Crippen molar-refractivity contribution in [3.63, 3.8) is 0 Å². The molecule has 6 heteroatoms. The lowest BCUT2D eigenvalue weighted by molar-refractivity contribution is -0.247. The highest BCUT2D eigenvalue weighted by molar-refractivity contribution is 5.78. The molecule has 0 saturated carbocycles. The van der Waals surface area contributed by atoms with Crippen LogP contribution in [0.5, 0.6) is 0 Å². The van der Waals surface area contributed by atoms with Crippen molar-refractivity contribution < 1.29 is 19.4 Å². The van der Waals surface area contributed by atoms with Crippen LogP contribution in [0.25, 0.3) is 11.1 Å². The summed E-state index contributed by atoms with van der Waals surface area (Å²) in [5.74, 6) is 0.0379. The zero-order valence-electron chi connectivity index (χ0n) is 17.3. The van der Waals surface area contributed by atoms with Crippen molar-refractivity contribution in [3.8, 4) is 11.1 Å². The van der Waals surface area contributed by atoms with Gasteiger partial charge in [0.15, 0.2) is 0 Å². The highest BCUT2D eigenvalue weighted by Crippen LogP contribution is 2.44. The van der Waals surface area contributed by atoms with Crippen molar-refractivity contribution >= 4 is 12.0 Å². The number of hydrogen-bond acceptors (Lipinski definition) is 4. The van der Waals surface area contributed by atoms with E-state index >= 15 is 0 Å². The van der Waals surface area contributed by atoms with Crippen LogP contribution >= 0.6 is 0 Å². The number of amides is 2. The number of rotatable bonds is 5. The van der Waals surface area contributed by atoms with Crippen molar-refractivity contribution in [2.24, 2.45) is 0 Å². The van der Waals surface area contributed by atoms with Gasteiger partial charge in [-0.2, -0.15) is 4.89 Å². The van der Waals surface area contributed by atoms with Gasteiger partial charge in [0, 0.05) is 31.5 Å². The van der Waals surface area contributed by atoms with Gasteiger partial charge in [-0.3, -0.25) is 9.68 Å². The Balaban J connectivity index is 1.36. The standard InChI is InChI=1S/C24H28N2O4/c1-2-23(27)25-17-9-7-8-14-26(15-17)24(28)30-29-16-22-20-12-5-3-10-18(20)19-11-4-6-13-21(19)22/h3-6,10-13,17,22H,2,7-9,14-16H2,1H3,(H,25,27). The molecule has 1 unspecified atom stereocenters. The van der Waals surface area contributed by atoms with Crippen molar-refractivity contribution in [2.45, 2.75) is 44.6 Å². The SMILES string of the molecule is CCC(=O)NC1CCCCN(C(=O)OOCC2c3ccccc3-c3ccccc32)C1. The number of hydrogen-bond donors (Lipinski definition) is 1. The lowest BCUT2D eigenvalue weighted by Gasteiger charge is -2.24. The molecule has 0 spiro atoms. The van der Waals surface area contributed by atoms with E-state index < -0.39 is 6.09 Å². The molecule has 1 fully saturated rings. The average Bonchev–Trinajstić information content (AvgIpc) is 2.91. The minimum atomic E-state index is -0.493. The molecule has 6 nitrogen and oxygen atoms in total. The molecule has 0 aromatic heterocycles. The van der Waals surface area contributed by atoms with E-state index in [-0.39, 0.29) is 24.5 Å². The Labute approximate surface area is 177 Å². The van der Waals surface area contributed by atoms with E-state index in [1.807, 2.05) is 31.2 Å². The normalized spacial score (nSPS) is 18.3. The van der Waals surface area contributed by atoms with Crippen LogP contribution < -0.4 is 5.32 Å². The lowest BCUT2D eigenvalue weighted by Crippen LogP contribution is -2.44. The molecule has 0 radical (unpaired) electrons. The van der Waals surface area contributed by atoms with Gasteiger partial charge < -0.3 is 10.2 Å². The Morgan fingerprint density at radius 2 is 1.70 bits per heavy atom. The second kappa shape index (κ2) is 9.30. The maximum absolute atomic E-state index is 12.6. The van der Waals surface area contributed by atoms with Crippen LogP contribution in [0, 0.1) is 0 Å². The van der Waals surface area contributed by atoms with Gasteiger partial charge in [0.1, 0.15) is 6.61 Å². The van der Waals surface area contributed by atoms with Gasteiger partial charge in [0.2, 0.25) is 5.91 Å². The van der Waals surface area contributed by atoms with E-state index in [1.165, 1.54) is 22.3 Å². The first kappa shape index (κ1) is 20.4. The molecule has 1 saturated heterocycles. The van der Waals surface area contributed by atoms with Crippen LogP contribution in [0.3, 0.4) is 0 Å². The molecule has 1 heterocycles. The first-order valence-electron chi connectivity index (χ1n) is 10.7. The Morgan fingerprint density at radius 1 is 1.03 bits per heavy atom. The van der Waals surface area contributed by atoms with Crippen molar-refractivity contribution in [2.75, 3.05) is 19.7 Å². The summed E-state index contributed by atoms with van der Waals surface area (Å²) < 4.78 is 0. The average molecular weight is 408 g/mol. The third-order valence-corrected chi connectivity index (χ3v) is 5.94. The summed E-state index contributed by atoms with van der Waals surface area (Å²) in [6.07, 6.45) is 2.67. The summed E-state index contributed by atoms with van der Waals surface area (Å²) in [7, 11) is 0. The topological polar surface area (TPSA) is 67.9 Å². The molecule has 2 aromatic carbocycles. The summed E-state index contributed by atoms with van der Waals surface area (Å²) in [4.78, 5) is 36.6. The molecule has 158 valence electrons. The minimum absolute atomic E-state index is 0.00466. The number of carbonyl (C=O) groups is 2. The number of nitrogens with one attached hydrogen (secondary N) is 1. The summed E-state index contributed by atoms with van der Waals surface area (Å²) in [5, 5.41) is 2.99. The van der Waals surface area contributed by atoms with Crippen LogP contribution in [0.15, 0.2) is 48.5 Å². The van der Waals surface area contributed by atoms with Gasteiger partial charge in [-0.25, -0.2) is 4.79 Å². The fourth-order valence-corrected chi connectivity index (χ4v) is 4.40. The van der Waals surface area contributed by atoms with Crippen molar-refractivity contribution in [1.29, 1.82) is 0 Å². The molecular weight excluding hydrogens is 380 g/mol. The first-order chi connectivity index (χ1) is 14.7. The molecule has 2 aliphatic rings. The summed E-state index contributed by atoms with van der Waals surface area (Å²) >= 11 is 0. The number of benzene rings is 2. The smallest absolute Gasteiger partial charge is 0.352 e. The van der Waals surface area contributed by atoms with E-state index in [0.717, 1.165) is 19.3 Å². The zero-order chi connectivity index (χ0) is 20.9. The van der Waals surface area contributed by atoms with Gasteiger partial charge >= 0.3 is 6.09 Å². The molecule has 1 atom stereocenters.